The summed E-state index contributed by atoms with van der Waals surface area (Å²) in [6.07, 6.45) is 4.04. The Morgan fingerprint density at radius 2 is 2.16 bits per heavy atom. The third kappa shape index (κ3) is 5.03. The Morgan fingerprint density at radius 1 is 1.37 bits per heavy atom. The standard InChI is InChI=1S/C16H25FN2/c1-4-7-11-19(6-3)16-12-14(8-9-15(16)17)13-18-10-5-2/h5,8-9,12,18H,2,4,6-7,10-11,13H2,1,3H3. The molecule has 0 aliphatic heterocycles. The monoisotopic (exact) mass is 264 g/mol. The number of nitrogens with one attached hydrogen (secondary N) is 1. The van der Waals surface area contributed by atoms with Crippen LogP contribution in [-0.2, 0) is 6.54 Å². The summed E-state index contributed by atoms with van der Waals surface area (Å²) in [6.45, 7) is 11.1. The summed E-state index contributed by atoms with van der Waals surface area (Å²) in [5.41, 5.74) is 1.82. The van der Waals surface area contributed by atoms with Gasteiger partial charge in [-0.2, -0.15) is 0 Å². The van der Waals surface area contributed by atoms with Crippen LogP contribution in [0.5, 0.6) is 0 Å². The van der Waals surface area contributed by atoms with Crippen LogP contribution in [-0.4, -0.2) is 19.6 Å². The van der Waals surface area contributed by atoms with E-state index >= 15 is 0 Å². The van der Waals surface area contributed by atoms with Gasteiger partial charge in [0.25, 0.3) is 0 Å². The van der Waals surface area contributed by atoms with Crippen LogP contribution >= 0.6 is 0 Å². The van der Waals surface area contributed by atoms with Crippen molar-refractivity contribution in [1.82, 2.24) is 5.32 Å². The van der Waals surface area contributed by atoms with Gasteiger partial charge in [0.1, 0.15) is 5.82 Å². The van der Waals surface area contributed by atoms with E-state index in [1.165, 1.54) is 0 Å². The summed E-state index contributed by atoms with van der Waals surface area (Å²) in [4.78, 5) is 2.11. The van der Waals surface area contributed by atoms with Gasteiger partial charge in [0.15, 0.2) is 0 Å². The maximum atomic E-state index is 13.9. The van der Waals surface area contributed by atoms with E-state index in [9.17, 15) is 4.39 Å². The van der Waals surface area contributed by atoms with Gasteiger partial charge in [-0.3, -0.25) is 0 Å². The van der Waals surface area contributed by atoms with Crippen molar-refractivity contribution in [3.05, 3.63) is 42.2 Å². The van der Waals surface area contributed by atoms with Crippen molar-refractivity contribution in [2.45, 2.75) is 33.2 Å². The molecule has 0 amide bonds. The van der Waals surface area contributed by atoms with Crippen LogP contribution in [0.4, 0.5) is 10.1 Å². The minimum atomic E-state index is -0.134. The van der Waals surface area contributed by atoms with Crippen LogP contribution in [0.2, 0.25) is 0 Å². The number of benzene rings is 1. The van der Waals surface area contributed by atoms with E-state index in [1.54, 1.807) is 6.07 Å². The molecular formula is C16H25FN2. The smallest absolute Gasteiger partial charge is 0.146 e. The fraction of sp³-hybridized carbons (Fsp3) is 0.500. The van der Waals surface area contributed by atoms with E-state index < -0.39 is 0 Å². The van der Waals surface area contributed by atoms with Crippen molar-refractivity contribution in [2.24, 2.45) is 0 Å². The lowest BCUT2D eigenvalue weighted by molar-refractivity contribution is 0.612. The zero-order valence-corrected chi connectivity index (χ0v) is 12.1. The zero-order chi connectivity index (χ0) is 14.1. The fourth-order valence-corrected chi connectivity index (χ4v) is 2.03. The van der Waals surface area contributed by atoms with Crippen LogP contribution in [0, 0.1) is 5.82 Å². The molecule has 2 nitrogen and oxygen atoms in total. The first-order valence-electron chi connectivity index (χ1n) is 7.07. The summed E-state index contributed by atoms with van der Waals surface area (Å²) in [5.74, 6) is -0.134. The highest BCUT2D eigenvalue weighted by Gasteiger charge is 2.10. The maximum Gasteiger partial charge on any atom is 0.146 e. The Balaban J connectivity index is 2.78. The van der Waals surface area contributed by atoms with E-state index in [0.29, 0.717) is 5.69 Å². The Hall–Kier alpha value is -1.35. The van der Waals surface area contributed by atoms with Gasteiger partial charge >= 0.3 is 0 Å². The van der Waals surface area contributed by atoms with Gasteiger partial charge in [-0.05, 0) is 31.0 Å². The molecule has 0 aliphatic rings. The predicted octanol–water partition coefficient (Wildman–Crippen LogP) is 3.73. The third-order valence-corrected chi connectivity index (χ3v) is 3.13. The van der Waals surface area contributed by atoms with Gasteiger partial charge in [-0.15, -0.1) is 6.58 Å². The number of unbranched alkanes of at least 4 members (excludes halogenated alkanes) is 1. The number of anilines is 1. The quantitative estimate of drug-likeness (QED) is 0.540. The SMILES string of the molecule is C=CCNCc1ccc(F)c(N(CC)CCCC)c1. The average Bonchev–Trinajstić information content (AvgIpc) is 2.43. The molecule has 0 atom stereocenters. The first kappa shape index (κ1) is 15.7. The van der Waals surface area contributed by atoms with E-state index in [1.807, 2.05) is 18.2 Å². The Morgan fingerprint density at radius 3 is 2.79 bits per heavy atom. The molecular weight excluding hydrogens is 239 g/mol. The maximum absolute atomic E-state index is 13.9. The van der Waals surface area contributed by atoms with Crippen molar-refractivity contribution >= 4 is 5.69 Å². The normalized spacial score (nSPS) is 10.5. The van der Waals surface area contributed by atoms with Gasteiger partial charge in [0, 0.05) is 26.2 Å². The Kier molecular flexibility index (Phi) is 7.19. The van der Waals surface area contributed by atoms with E-state index in [2.05, 4.69) is 30.6 Å². The second kappa shape index (κ2) is 8.70. The summed E-state index contributed by atoms with van der Waals surface area (Å²) < 4.78 is 13.9. The molecule has 106 valence electrons. The van der Waals surface area contributed by atoms with Gasteiger partial charge in [0.2, 0.25) is 0 Å². The molecule has 0 aliphatic carbocycles. The Bertz CT molecular complexity index is 390. The van der Waals surface area contributed by atoms with Gasteiger partial charge < -0.3 is 10.2 Å². The molecule has 1 rings (SSSR count). The topological polar surface area (TPSA) is 15.3 Å². The minimum absolute atomic E-state index is 0.134. The molecule has 3 heteroatoms. The molecule has 0 bridgehead atoms. The molecule has 0 unspecified atom stereocenters. The lowest BCUT2D eigenvalue weighted by Gasteiger charge is -2.24. The summed E-state index contributed by atoms with van der Waals surface area (Å²) in [6, 6.07) is 5.35. The molecule has 0 heterocycles. The lowest BCUT2D eigenvalue weighted by Crippen LogP contribution is -2.25. The predicted molar refractivity (Wildman–Crippen MR) is 81.1 cm³/mol. The van der Waals surface area contributed by atoms with Crippen LogP contribution in [0.3, 0.4) is 0 Å². The van der Waals surface area contributed by atoms with Crippen molar-refractivity contribution < 1.29 is 4.39 Å². The highest BCUT2D eigenvalue weighted by molar-refractivity contribution is 5.50. The van der Waals surface area contributed by atoms with Crippen molar-refractivity contribution in [2.75, 3.05) is 24.5 Å². The lowest BCUT2D eigenvalue weighted by atomic mass is 10.1. The molecule has 19 heavy (non-hydrogen) atoms. The zero-order valence-electron chi connectivity index (χ0n) is 12.1. The van der Waals surface area contributed by atoms with Gasteiger partial charge in [-0.1, -0.05) is 25.5 Å². The highest BCUT2D eigenvalue weighted by atomic mass is 19.1. The fourth-order valence-electron chi connectivity index (χ4n) is 2.03. The summed E-state index contributed by atoms with van der Waals surface area (Å²) in [7, 11) is 0. The number of halogens is 1. The van der Waals surface area contributed by atoms with E-state index in [0.717, 1.165) is 44.6 Å². The van der Waals surface area contributed by atoms with Crippen LogP contribution in [0.25, 0.3) is 0 Å². The summed E-state index contributed by atoms with van der Waals surface area (Å²) >= 11 is 0. The van der Waals surface area contributed by atoms with Crippen LogP contribution in [0.15, 0.2) is 30.9 Å². The number of rotatable bonds is 9. The molecule has 0 fully saturated rings. The summed E-state index contributed by atoms with van der Waals surface area (Å²) in [5, 5.41) is 3.24. The molecule has 1 aromatic rings. The van der Waals surface area contributed by atoms with Crippen LogP contribution in [0.1, 0.15) is 32.3 Å². The molecule has 0 saturated heterocycles. The second-order valence-electron chi connectivity index (χ2n) is 4.64. The number of hydrogen-bond donors (Lipinski definition) is 1. The first-order chi connectivity index (χ1) is 9.22. The number of nitrogens with zero attached hydrogens (tertiary/aromatic N) is 1. The van der Waals surface area contributed by atoms with Gasteiger partial charge in [0.05, 0.1) is 5.69 Å². The molecule has 0 radical (unpaired) electrons. The van der Waals surface area contributed by atoms with E-state index in [-0.39, 0.29) is 5.82 Å². The molecule has 0 saturated carbocycles. The molecule has 0 spiro atoms. The molecule has 1 aromatic carbocycles. The number of hydrogen-bond acceptors (Lipinski definition) is 2. The third-order valence-electron chi connectivity index (χ3n) is 3.13. The van der Waals surface area contributed by atoms with Crippen molar-refractivity contribution in [3.63, 3.8) is 0 Å². The van der Waals surface area contributed by atoms with Gasteiger partial charge in [-0.25, -0.2) is 4.39 Å². The molecule has 0 aromatic heterocycles. The second-order valence-corrected chi connectivity index (χ2v) is 4.64. The highest BCUT2D eigenvalue weighted by Crippen LogP contribution is 2.21. The average molecular weight is 264 g/mol. The van der Waals surface area contributed by atoms with Crippen molar-refractivity contribution in [3.8, 4) is 0 Å². The van der Waals surface area contributed by atoms with E-state index in [4.69, 9.17) is 0 Å². The Labute approximate surface area is 116 Å². The van der Waals surface area contributed by atoms with Crippen LogP contribution < -0.4 is 10.2 Å². The minimum Gasteiger partial charge on any atom is -0.369 e. The van der Waals surface area contributed by atoms with Crippen molar-refractivity contribution in [1.29, 1.82) is 0 Å². The first-order valence-corrected chi connectivity index (χ1v) is 7.07. The largest absolute Gasteiger partial charge is 0.369 e. The molecule has 1 N–H and O–H groups in total.